The van der Waals surface area contributed by atoms with E-state index in [1.54, 1.807) is 0 Å². The largest absolute Gasteiger partial charge is 0.396 e. The summed E-state index contributed by atoms with van der Waals surface area (Å²) in [5.74, 6) is 1.20. The van der Waals surface area contributed by atoms with Crippen LogP contribution in [0.5, 0.6) is 0 Å². The molecule has 1 saturated heterocycles. The first-order valence-electron chi connectivity index (χ1n) is 5.72. The van der Waals surface area contributed by atoms with E-state index in [0.717, 1.165) is 25.6 Å². The predicted molar refractivity (Wildman–Crippen MR) is 59.3 cm³/mol. The second-order valence-electron chi connectivity index (χ2n) is 4.72. The van der Waals surface area contributed by atoms with Crippen LogP contribution in [0.25, 0.3) is 0 Å². The Kier molecular flexibility index (Phi) is 5.45. The number of rotatable bonds is 5. The van der Waals surface area contributed by atoms with E-state index in [4.69, 9.17) is 5.11 Å². The number of piperidine rings is 1. The summed E-state index contributed by atoms with van der Waals surface area (Å²) in [4.78, 5) is 2.35. The number of nitrogens with zero attached hydrogens (tertiary/aromatic N) is 1. The van der Waals surface area contributed by atoms with Crippen molar-refractivity contribution in [2.75, 3.05) is 39.8 Å². The van der Waals surface area contributed by atoms with Crippen molar-refractivity contribution in [3.63, 3.8) is 0 Å². The molecule has 1 aliphatic heterocycles. The van der Waals surface area contributed by atoms with Crippen molar-refractivity contribution in [3.05, 3.63) is 0 Å². The molecule has 2 N–H and O–H groups in total. The molecule has 0 bridgehead atoms. The fraction of sp³-hybridized carbons (Fsp3) is 1.00. The van der Waals surface area contributed by atoms with Gasteiger partial charge in [-0.05, 0) is 44.8 Å². The molecule has 0 spiro atoms. The summed E-state index contributed by atoms with van der Waals surface area (Å²) in [6.45, 7) is 6.92. The predicted octanol–water partition coefficient (Wildman–Crippen LogP) is 0.546. The molecule has 1 rings (SSSR count). The van der Waals surface area contributed by atoms with Crippen LogP contribution in [0.4, 0.5) is 0 Å². The summed E-state index contributed by atoms with van der Waals surface area (Å²) >= 11 is 0. The maximum atomic E-state index is 8.95. The molecule has 0 amide bonds. The lowest BCUT2D eigenvalue weighted by Crippen LogP contribution is -2.38. The smallest absolute Gasteiger partial charge is 0.0468 e. The van der Waals surface area contributed by atoms with E-state index in [9.17, 15) is 0 Å². The number of aliphatic hydroxyl groups excluding tert-OH is 1. The zero-order valence-electron chi connectivity index (χ0n) is 9.50. The fourth-order valence-electron chi connectivity index (χ4n) is 2.18. The Morgan fingerprint density at radius 3 is 2.93 bits per heavy atom. The van der Waals surface area contributed by atoms with E-state index in [2.05, 4.69) is 24.2 Å². The van der Waals surface area contributed by atoms with E-state index in [1.807, 2.05) is 0 Å². The normalized spacial score (nSPS) is 25.3. The maximum absolute atomic E-state index is 8.95. The van der Waals surface area contributed by atoms with Crippen LogP contribution in [0.2, 0.25) is 0 Å². The third kappa shape index (κ3) is 4.40. The average molecular weight is 200 g/mol. The Morgan fingerprint density at radius 1 is 1.57 bits per heavy atom. The van der Waals surface area contributed by atoms with Crippen LogP contribution in [0.3, 0.4) is 0 Å². The highest BCUT2D eigenvalue weighted by Gasteiger charge is 2.15. The van der Waals surface area contributed by atoms with E-state index in [-0.39, 0.29) is 0 Å². The van der Waals surface area contributed by atoms with Crippen molar-refractivity contribution in [2.45, 2.75) is 19.8 Å². The van der Waals surface area contributed by atoms with Crippen LogP contribution < -0.4 is 5.32 Å². The molecule has 0 aromatic rings. The van der Waals surface area contributed by atoms with Gasteiger partial charge in [0.05, 0.1) is 0 Å². The minimum absolute atomic E-state index is 0.299. The molecular weight excluding hydrogens is 176 g/mol. The van der Waals surface area contributed by atoms with Crippen molar-refractivity contribution < 1.29 is 5.11 Å². The Bertz CT molecular complexity index is 146. The molecule has 0 saturated carbocycles. The first-order chi connectivity index (χ1) is 6.72. The molecule has 3 nitrogen and oxygen atoms in total. The van der Waals surface area contributed by atoms with Crippen molar-refractivity contribution >= 4 is 0 Å². The molecule has 3 heteroatoms. The fourth-order valence-corrected chi connectivity index (χ4v) is 2.18. The van der Waals surface area contributed by atoms with Crippen molar-refractivity contribution in [2.24, 2.45) is 11.8 Å². The van der Waals surface area contributed by atoms with Gasteiger partial charge in [-0.3, -0.25) is 0 Å². The molecule has 2 atom stereocenters. The SMILES string of the molecule is CC(CO)CN(C)CC1CCCNC1. The Balaban J connectivity index is 2.14. The molecule has 0 aliphatic carbocycles. The zero-order valence-corrected chi connectivity index (χ0v) is 9.50. The minimum atomic E-state index is 0.299. The summed E-state index contributed by atoms with van der Waals surface area (Å²) in [5, 5.41) is 12.4. The number of hydrogen-bond acceptors (Lipinski definition) is 3. The number of hydrogen-bond donors (Lipinski definition) is 2. The molecule has 0 aromatic carbocycles. The lowest BCUT2D eigenvalue weighted by molar-refractivity contribution is 0.171. The molecule has 84 valence electrons. The van der Waals surface area contributed by atoms with Crippen LogP contribution in [0.1, 0.15) is 19.8 Å². The maximum Gasteiger partial charge on any atom is 0.0468 e. The van der Waals surface area contributed by atoms with E-state index in [1.165, 1.54) is 19.4 Å². The summed E-state index contributed by atoms with van der Waals surface area (Å²) in [5.41, 5.74) is 0. The van der Waals surface area contributed by atoms with Gasteiger partial charge in [0.15, 0.2) is 0 Å². The standard InChI is InChI=1S/C11H24N2O/c1-10(9-14)7-13(2)8-11-4-3-5-12-6-11/h10-12,14H,3-9H2,1-2H3. The third-order valence-electron chi connectivity index (χ3n) is 2.90. The molecule has 1 fully saturated rings. The molecule has 1 heterocycles. The molecular formula is C11H24N2O. The molecule has 14 heavy (non-hydrogen) atoms. The topological polar surface area (TPSA) is 35.5 Å². The summed E-state index contributed by atoms with van der Waals surface area (Å²) in [7, 11) is 2.15. The van der Waals surface area contributed by atoms with Crippen LogP contribution in [0, 0.1) is 11.8 Å². The highest BCUT2D eigenvalue weighted by molar-refractivity contribution is 4.72. The molecule has 0 radical (unpaired) electrons. The molecule has 2 unspecified atom stereocenters. The van der Waals surface area contributed by atoms with Crippen molar-refractivity contribution in [1.29, 1.82) is 0 Å². The first-order valence-corrected chi connectivity index (χ1v) is 5.72. The Hall–Kier alpha value is -0.120. The molecule has 0 aromatic heterocycles. The lowest BCUT2D eigenvalue weighted by atomic mass is 9.99. The zero-order chi connectivity index (χ0) is 10.4. The van der Waals surface area contributed by atoms with Crippen LogP contribution >= 0.6 is 0 Å². The van der Waals surface area contributed by atoms with Gasteiger partial charge in [-0.15, -0.1) is 0 Å². The van der Waals surface area contributed by atoms with E-state index >= 15 is 0 Å². The highest BCUT2D eigenvalue weighted by Crippen LogP contribution is 2.11. The third-order valence-corrected chi connectivity index (χ3v) is 2.90. The van der Waals surface area contributed by atoms with Crippen molar-refractivity contribution in [3.8, 4) is 0 Å². The van der Waals surface area contributed by atoms with Crippen LogP contribution in [-0.4, -0.2) is 49.8 Å². The monoisotopic (exact) mass is 200 g/mol. The van der Waals surface area contributed by atoms with Gasteiger partial charge < -0.3 is 15.3 Å². The van der Waals surface area contributed by atoms with Crippen LogP contribution in [-0.2, 0) is 0 Å². The van der Waals surface area contributed by atoms with E-state index in [0.29, 0.717) is 12.5 Å². The second kappa shape index (κ2) is 6.38. The van der Waals surface area contributed by atoms with Crippen LogP contribution in [0.15, 0.2) is 0 Å². The Morgan fingerprint density at radius 2 is 2.36 bits per heavy atom. The highest BCUT2D eigenvalue weighted by atomic mass is 16.3. The van der Waals surface area contributed by atoms with Crippen molar-refractivity contribution in [1.82, 2.24) is 10.2 Å². The summed E-state index contributed by atoms with van der Waals surface area (Å²) in [6.07, 6.45) is 2.67. The quantitative estimate of drug-likeness (QED) is 0.680. The number of aliphatic hydroxyl groups is 1. The minimum Gasteiger partial charge on any atom is -0.396 e. The van der Waals surface area contributed by atoms with Gasteiger partial charge in [0.25, 0.3) is 0 Å². The van der Waals surface area contributed by atoms with E-state index < -0.39 is 0 Å². The van der Waals surface area contributed by atoms with Gasteiger partial charge in [-0.25, -0.2) is 0 Å². The first kappa shape index (κ1) is 12.0. The van der Waals surface area contributed by atoms with Gasteiger partial charge in [0.2, 0.25) is 0 Å². The number of nitrogens with one attached hydrogen (secondary N) is 1. The summed E-state index contributed by atoms with van der Waals surface area (Å²) < 4.78 is 0. The van der Waals surface area contributed by atoms with Gasteiger partial charge in [-0.2, -0.15) is 0 Å². The lowest BCUT2D eigenvalue weighted by Gasteiger charge is -2.28. The van der Waals surface area contributed by atoms with Gasteiger partial charge in [-0.1, -0.05) is 6.92 Å². The van der Waals surface area contributed by atoms with Gasteiger partial charge in [0, 0.05) is 19.7 Å². The Labute approximate surface area is 87.5 Å². The van der Waals surface area contributed by atoms with Gasteiger partial charge in [0.1, 0.15) is 0 Å². The molecule has 1 aliphatic rings. The van der Waals surface area contributed by atoms with Gasteiger partial charge >= 0.3 is 0 Å². The average Bonchev–Trinajstić information content (AvgIpc) is 2.19. The summed E-state index contributed by atoms with van der Waals surface area (Å²) in [6, 6.07) is 0. The second-order valence-corrected chi connectivity index (χ2v) is 4.72.